The molecule has 1 aromatic carbocycles. The third-order valence-corrected chi connectivity index (χ3v) is 3.02. The third kappa shape index (κ3) is 1.88. The van der Waals surface area contributed by atoms with Crippen LogP contribution >= 0.6 is 11.6 Å². The summed E-state index contributed by atoms with van der Waals surface area (Å²) in [6, 6.07) is 4.07. The standard InChI is InChI=1S/C12H15ClO/c1-14-12-9-5-3-2-4-6-10(12)8-11(13)7-9/h7-8H,2-6H2,1H3. The second kappa shape index (κ2) is 4.22. The molecule has 0 saturated heterocycles. The van der Waals surface area contributed by atoms with Crippen LogP contribution in [-0.4, -0.2) is 7.11 Å². The maximum Gasteiger partial charge on any atom is 0.125 e. The zero-order chi connectivity index (χ0) is 9.97. The molecule has 2 bridgehead atoms. The summed E-state index contributed by atoms with van der Waals surface area (Å²) in [6.07, 6.45) is 5.99. The van der Waals surface area contributed by atoms with E-state index in [2.05, 4.69) is 0 Å². The van der Waals surface area contributed by atoms with E-state index in [1.165, 1.54) is 30.4 Å². The van der Waals surface area contributed by atoms with Gasteiger partial charge in [0.25, 0.3) is 0 Å². The SMILES string of the molecule is COc1c2cc(Cl)cc1CCCCC2. The highest BCUT2D eigenvalue weighted by atomic mass is 35.5. The largest absolute Gasteiger partial charge is 0.496 e. The highest BCUT2D eigenvalue weighted by Gasteiger charge is 2.13. The molecule has 0 fully saturated rings. The molecule has 1 aromatic rings. The number of benzene rings is 1. The Bertz CT molecular complexity index is 306. The Morgan fingerprint density at radius 2 is 1.64 bits per heavy atom. The summed E-state index contributed by atoms with van der Waals surface area (Å²) in [5.41, 5.74) is 2.55. The first-order chi connectivity index (χ1) is 6.81. The number of fused-ring (bicyclic) bond motifs is 2. The third-order valence-electron chi connectivity index (χ3n) is 2.80. The zero-order valence-corrected chi connectivity index (χ0v) is 9.23. The molecule has 0 radical (unpaired) electrons. The summed E-state index contributed by atoms with van der Waals surface area (Å²) in [5, 5.41) is 0.845. The molecular formula is C12H15ClO. The first-order valence-corrected chi connectivity index (χ1v) is 5.54. The van der Waals surface area contributed by atoms with Gasteiger partial charge in [-0.2, -0.15) is 0 Å². The minimum Gasteiger partial charge on any atom is -0.496 e. The van der Waals surface area contributed by atoms with Gasteiger partial charge in [-0.15, -0.1) is 0 Å². The number of hydrogen-bond donors (Lipinski definition) is 0. The van der Waals surface area contributed by atoms with Crippen LogP contribution in [0.15, 0.2) is 12.1 Å². The number of halogens is 1. The van der Waals surface area contributed by atoms with Crippen molar-refractivity contribution < 1.29 is 4.74 Å². The lowest BCUT2D eigenvalue weighted by molar-refractivity contribution is 0.400. The fourth-order valence-electron chi connectivity index (χ4n) is 2.15. The van der Waals surface area contributed by atoms with Gasteiger partial charge in [-0.05, 0) is 48.9 Å². The second-order valence-corrected chi connectivity index (χ2v) is 4.25. The Morgan fingerprint density at radius 1 is 1.07 bits per heavy atom. The molecule has 0 heterocycles. The summed E-state index contributed by atoms with van der Waals surface area (Å²) in [4.78, 5) is 0. The summed E-state index contributed by atoms with van der Waals surface area (Å²) in [5.74, 6) is 1.06. The average Bonchev–Trinajstić information content (AvgIpc) is 2.15. The van der Waals surface area contributed by atoms with E-state index in [-0.39, 0.29) is 0 Å². The molecule has 2 rings (SSSR count). The van der Waals surface area contributed by atoms with Crippen LogP contribution in [0.2, 0.25) is 5.02 Å². The van der Waals surface area contributed by atoms with Gasteiger partial charge >= 0.3 is 0 Å². The van der Waals surface area contributed by atoms with Gasteiger partial charge < -0.3 is 4.74 Å². The Morgan fingerprint density at radius 3 is 2.14 bits per heavy atom. The van der Waals surface area contributed by atoms with Crippen LogP contribution in [0.3, 0.4) is 0 Å². The first kappa shape index (κ1) is 9.85. The van der Waals surface area contributed by atoms with Crippen molar-refractivity contribution in [2.75, 3.05) is 7.11 Å². The summed E-state index contributed by atoms with van der Waals surface area (Å²) < 4.78 is 5.45. The predicted octanol–water partition coefficient (Wildman–Crippen LogP) is 3.62. The van der Waals surface area contributed by atoms with Crippen molar-refractivity contribution in [3.63, 3.8) is 0 Å². The smallest absolute Gasteiger partial charge is 0.125 e. The van der Waals surface area contributed by atoms with Crippen LogP contribution in [0.5, 0.6) is 5.75 Å². The normalized spacial score (nSPS) is 15.9. The monoisotopic (exact) mass is 210 g/mol. The summed E-state index contributed by atoms with van der Waals surface area (Å²) in [7, 11) is 1.75. The number of aryl methyl sites for hydroxylation is 2. The molecule has 76 valence electrons. The average molecular weight is 211 g/mol. The number of ether oxygens (including phenoxy) is 1. The molecule has 0 spiro atoms. The molecule has 0 unspecified atom stereocenters. The molecule has 1 aliphatic rings. The lowest BCUT2D eigenvalue weighted by atomic mass is 9.95. The second-order valence-electron chi connectivity index (χ2n) is 3.82. The fraction of sp³-hybridized carbons (Fsp3) is 0.500. The molecule has 2 heteroatoms. The van der Waals surface area contributed by atoms with Crippen molar-refractivity contribution in [2.45, 2.75) is 32.1 Å². The summed E-state index contributed by atoms with van der Waals surface area (Å²) in [6.45, 7) is 0. The molecule has 1 aliphatic carbocycles. The molecule has 1 nitrogen and oxygen atoms in total. The fourth-order valence-corrected chi connectivity index (χ4v) is 2.42. The number of hydrogen-bond acceptors (Lipinski definition) is 1. The quantitative estimate of drug-likeness (QED) is 0.688. The topological polar surface area (TPSA) is 9.23 Å². The summed E-state index contributed by atoms with van der Waals surface area (Å²) >= 11 is 6.06. The van der Waals surface area contributed by atoms with Crippen LogP contribution in [0.1, 0.15) is 30.4 Å². The minimum absolute atomic E-state index is 0.845. The predicted molar refractivity (Wildman–Crippen MR) is 59.3 cm³/mol. The van der Waals surface area contributed by atoms with Gasteiger partial charge in [-0.3, -0.25) is 0 Å². The van der Waals surface area contributed by atoms with Gasteiger partial charge in [0.05, 0.1) is 7.11 Å². The van der Waals surface area contributed by atoms with E-state index in [4.69, 9.17) is 16.3 Å². The maximum absolute atomic E-state index is 6.06. The van der Waals surface area contributed by atoms with Crippen molar-refractivity contribution >= 4 is 11.6 Å². The van der Waals surface area contributed by atoms with Crippen molar-refractivity contribution in [1.82, 2.24) is 0 Å². The lowest BCUT2D eigenvalue weighted by Gasteiger charge is -2.17. The Balaban J connectivity index is 2.48. The first-order valence-electron chi connectivity index (χ1n) is 5.16. The Hall–Kier alpha value is -0.690. The van der Waals surface area contributed by atoms with Crippen molar-refractivity contribution in [3.05, 3.63) is 28.3 Å². The molecule has 0 N–H and O–H groups in total. The van der Waals surface area contributed by atoms with Gasteiger partial charge in [0, 0.05) is 5.02 Å². The van der Waals surface area contributed by atoms with Gasteiger partial charge in [0.15, 0.2) is 0 Å². The van der Waals surface area contributed by atoms with Gasteiger partial charge in [0.2, 0.25) is 0 Å². The van der Waals surface area contributed by atoms with E-state index < -0.39 is 0 Å². The molecule has 0 saturated carbocycles. The Labute approximate surface area is 90.0 Å². The van der Waals surface area contributed by atoms with E-state index in [9.17, 15) is 0 Å². The van der Waals surface area contributed by atoms with Crippen molar-refractivity contribution in [3.8, 4) is 5.75 Å². The van der Waals surface area contributed by atoms with E-state index in [0.717, 1.165) is 23.6 Å². The Kier molecular flexibility index (Phi) is 2.97. The van der Waals surface area contributed by atoms with Crippen LogP contribution in [-0.2, 0) is 12.8 Å². The van der Waals surface area contributed by atoms with Crippen molar-refractivity contribution in [1.29, 1.82) is 0 Å². The highest BCUT2D eigenvalue weighted by Crippen LogP contribution is 2.32. The maximum atomic E-state index is 6.06. The molecule has 14 heavy (non-hydrogen) atoms. The van der Waals surface area contributed by atoms with Gasteiger partial charge in [0.1, 0.15) is 5.75 Å². The van der Waals surface area contributed by atoms with Crippen LogP contribution < -0.4 is 4.74 Å². The molecular weight excluding hydrogens is 196 g/mol. The van der Waals surface area contributed by atoms with Crippen LogP contribution in [0, 0.1) is 0 Å². The highest BCUT2D eigenvalue weighted by molar-refractivity contribution is 6.30. The van der Waals surface area contributed by atoms with E-state index in [1.807, 2.05) is 12.1 Å². The van der Waals surface area contributed by atoms with Gasteiger partial charge in [-0.1, -0.05) is 18.0 Å². The van der Waals surface area contributed by atoms with Crippen LogP contribution in [0.25, 0.3) is 0 Å². The molecule has 0 atom stereocenters. The molecule has 0 aromatic heterocycles. The lowest BCUT2D eigenvalue weighted by Crippen LogP contribution is -2.01. The van der Waals surface area contributed by atoms with E-state index in [0.29, 0.717) is 0 Å². The van der Waals surface area contributed by atoms with Gasteiger partial charge in [-0.25, -0.2) is 0 Å². The zero-order valence-electron chi connectivity index (χ0n) is 8.48. The molecule has 0 aliphatic heterocycles. The minimum atomic E-state index is 0.845. The van der Waals surface area contributed by atoms with E-state index in [1.54, 1.807) is 7.11 Å². The van der Waals surface area contributed by atoms with Crippen LogP contribution in [0.4, 0.5) is 0 Å². The number of rotatable bonds is 1. The molecule has 0 amide bonds. The van der Waals surface area contributed by atoms with E-state index >= 15 is 0 Å². The number of methoxy groups -OCH3 is 1. The van der Waals surface area contributed by atoms with Crippen molar-refractivity contribution in [2.24, 2.45) is 0 Å².